The molecule has 6 nitrogen and oxygen atoms in total. The molecule has 0 spiro atoms. The monoisotopic (exact) mass is 317 g/mol. The molecule has 23 heavy (non-hydrogen) atoms. The van der Waals surface area contributed by atoms with Crippen LogP contribution in [0.25, 0.3) is 6.08 Å². The first-order valence-electron chi connectivity index (χ1n) is 6.96. The predicted octanol–water partition coefficient (Wildman–Crippen LogP) is 2.64. The summed E-state index contributed by atoms with van der Waals surface area (Å²) < 4.78 is 20.9. The standard InChI is InChI=1S/C17H19NO5/c1-20-14-9-12(10-15(21-2)17(14)22-3)6-7-16(19)18-11-13-5-4-8-23-13/h4-10H,11H2,1-3H3,(H,18,19)/b7-6+. The average Bonchev–Trinajstić information content (AvgIpc) is 3.10. The van der Waals surface area contributed by atoms with E-state index in [2.05, 4.69) is 5.32 Å². The lowest BCUT2D eigenvalue weighted by Gasteiger charge is -2.12. The maximum Gasteiger partial charge on any atom is 0.244 e. The Balaban J connectivity index is 2.07. The van der Waals surface area contributed by atoms with Crippen molar-refractivity contribution in [1.82, 2.24) is 5.32 Å². The molecule has 6 heteroatoms. The number of amides is 1. The zero-order chi connectivity index (χ0) is 16.7. The van der Waals surface area contributed by atoms with E-state index < -0.39 is 0 Å². The number of rotatable bonds is 7. The van der Waals surface area contributed by atoms with Crippen LogP contribution in [-0.4, -0.2) is 27.2 Å². The van der Waals surface area contributed by atoms with Gasteiger partial charge in [-0.05, 0) is 35.9 Å². The second-order valence-electron chi connectivity index (χ2n) is 4.59. The second-order valence-corrected chi connectivity index (χ2v) is 4.59. The van der Waals surface area contributed by atoms with Gasteiger partial charge in [-0.3, -0.25) is 4.79 Å². The first-order valence-corrected chi connectivity index (χ1v) is 6.96. The number of hydrogen-bond acceptors (Lipinski definition) is 5. The Hall–Kier alpha value is -2.89. The number of hydrogen-bond donors (Lipinski definition) is 1. The van der Waals surface area contributed by atoms with Crippen LogP contribution in [0.5, 0.6) is 17.2 Å². The van der Waals surface area contributed by atoms with Gasteiger partial charge in [-0.1, -0.05) is 0 Å². The Morgan fingerprint density at radius 3 is 2.39 bits per heavy atom. The molecule has 1 N–H and O–H groups in total. The first-order chi connectivity index (χ1) is 11.2. The molecule has 1 aromatic carbocycles. The average molecular weight is 317 g/mol. The van der Waals surface area contributed by atoms with Gasteiger partial charge < -0.3 is 23.9 Å². The van der Waals surface area contributed by atoms with E-state index in [4.69, 9.17) is 18.6 Å². The van der Waals surface area contributed by atoms with E-state index in [0.717, 1.165) is 5.56 Å². The van der Waals surface area contributed by atoms with E-state index in [1.807, 2.05) is 0 Å². The Bertz CT molecular complexity index is 651. The summed E-state index contributed by atoms with van der Waals surface area (Å²) in [5.41, 5.74) is 0.757. The molecule has 1 heterocycles. The largest absolute Gasteiger partial charge is 0.493 e. The van der Waals surface area contributed by atoms with Crippen molar-refractivity contribution in [2.75, 3.05) is 21.3 Å². The third kappa shape index (κ3) is 4.29. The van der Waals surface area contributed by atoms with Crippen LogP contribution in [0.4, 0.5) is 0 Å². The molecule has 0 unspecified atom stereocenters. The molecule has 2 aromatic rings. The number of furan rings is 1. The third-order valence-electron chi connectivity index (χ3n) is 3.13. The van der Waals surface area contributed by atoms with Crippen LogP contribution >= 0.6 is 0 Å². The third-order valence-corrected chi connectivity index (χ3v) is 3.13. The SMILES string of the molecule is COc1cc(/C=C/C(=O)NCc2ccco2)cc(OC)c1OC. The normalized spacial score (nSPS) is 10.6. The number of carbonyl (C=O) groups excluding carboxylic acids is 1. The van der Waals surface area contributed by atoms with Crippen LogP contribution in [0.3, 0.4) is 0 Å². The predicted molar refractivity (Wildman–Crippen MR) is 85.7 cm³/mol. The minimum absolute atomic E-state index is 0.227. The number of ether oxygens (including phenoxy) is 3. The molecule has 0 saturated carbocycles. The van der Waals surface area contributed by atoms with Gasteiger partial charge in [-0.25, -0.2) is 0 Å². The minimum Gasteiger partial charge on any atom is -0.493 e. The molecule has 0 fully saturated rings. The minimum atomic E-state index is -0.227. The van der Waals surface area contributed by atoms with Crippen molar-refractivity contribution in [2.24, 2.45) is 0 Å². The number of nitrogens with one attached hydrogen (secondary N) is 1. The van der Waals surface area contributed by atoms with Gasteiger partial charge in [-0.15, -0.1) is 0 Å². The Labute approximate surface area is 134 Å². The van der Waals surface area contributed by atoms with Crippen LogP contribution in [0.2, 0.25) is 0 Å². The van der Waals surface area contributed by atoms with E-state index in [0.29, 0.717) is 29.6 Å². The smallest absolute Gasteiger partial charge is 0.244 e. The molecule has 2 rings (SSSR count). The van der Waals surface area contributed by atoms with E-state index in [-0.39, 0.29) is 5.91 Å². The first kappa shape index (κ1) is 16.5. The number of carbonyl (C=O) groups is 1. The lowest BCUT2D eigenvalue weighted by molar-refractivity contribution is -0.116. The quantitative estimate of drug-likeness (QED) is 0.795. The molecular formula is C17H19NO5. The van der Waals surface area contributed by atoms with Gasteiger partial charge in [0, 0.05) is 6.08 Å². The van der Waals surface area contributed by atoms with E-state index in [1.54, 1.807) is 50.8 Å². The molecule has 1 aromatic heterocycles. The van der Waals surface area contributed by atoms with Crippen LogP contribution in [0.15, 0.2) is 41.0 Å². The summed E-state index contributed by atoms with van der Waals surface area (Å²) in [4.78, 5) is 11.8. The van der Waals surface area contributed by atoms with Gasteiger partial charge in [0.25, 0.3) is 0 Å². The molecule has 1 amide bonds. The second kappa shape index (κ2) is 7.93. The van der Waals surface area contributed by atoms with Gasteiger partial charge in [0.15, 0.2) is 11.5 Å². The summed E-state index contributed by atoms with van der Waals surface area (Å²) in [5, 5.41) is 2.73. The highest BCUT2D eigenvalue weighted by Crippen LogP contribution is 2.38. The Kier molecular flexibility index (Phi) is 5.68. The molecule has 0 saturated heterocycles. The van der Waals surface area contributed by atoms with Crippen LogP contribution in [0.1, 0.15) is 11.3 Å². The topological polar surface area (TPSA) is 69.9 Å². The summed E-state index contributed by atoms with van der Waals surface area (Å²) >= 11 is 0. The lowest BCUT2D eigenvalue weighted by Crippen LogP contribution is -2.19. The Morgan fingerprint density at radius 2 is 1.87 bits per heavy atom. The summed E-state index contributed by atoms with van der Waals surface area (Å²) in [7, 11) is 4.62. The Morgan fingerprint density at radius 1 is 1.17 bits per heavy atom. The highest BCUT2D eigenvalue weighted by Gasteiger charge is 2.12. The van der Waals surface area contributed by atoms with Crippen molar-refractivity contribution in [3.8, 4) is 17.2 Å². The zero-order valence-corrected chi connectivity index (χ0v) is 13.3. The summed E-state index contributed by atoms with van der Waals surface area (Å²) in [6, 6.07) is 7.09. The molecule has 0 aliphatic heterocycles. The summed E-state index contributed by atoms with van der Waals surface area (Å²) in [6.45, 7) is 0.339. The van der Waals surface area contributed by atoms with Gasteiger partial charge in [-0.2, -0.15) is 0 Å². The van der Waals surface area contributed by atoms with E-state index in [9.17, 15) is 4.79 Å². The van der Waals surface area contributed by atoms with Crippen LogP contribution in [0, 0.1) is 0 Å². The van der Waals surface area contributed by atoms with Crippen molar-refractivity contribution >= 4 is 12.0 Å². The van der Waals surface area contributed by atoms with Gasteiger partial charge in [0.05, 0.1) is 34.1 Å². The number of benzene rings is 1. The van der Waals surface area contributed by atoms with Crippen molar-refractivity contribution in [2.45, 2.75) is 6.54 Å². The fourth-order valence-corrected chi connectivity index (χ4v) is 2.02. The maximum atomic E-state index is 11.8. The van der Waals surface area contributed by atoms with E-state index in [1.165, 1.54) is 13.2 Å². The van der Waals surface area contributed by atoms with Crippen LogP contribution in [-0.2, 0) is 11.3 Å². The molecule has 0 aliphatic rings. The maximum absolute atomic E-state index is 11.8. The highest BCUT2D eigenvalue weighted by atomic mass is 16.5. The number of methoxy groups -OCH3 is 3. The molecule has 0 radical (unpaired) electrons. The molecular weight excluding hydrogens is 298 g/mol. The summed E-state index contributed by atoms with van der Waals surface area (Å²) in [6.07, 6.45) is 4.67. The fourth-order valence-electron chi connectivity index (χ4n) is 2.02. The molecule has 0 atom stereocenters. The van der Waals surface area contributed by atoms with Crippen molar-refractivity contribution in [3.63, 3.8) is 0 Å². The van der Waals surface area contributed by atoms with Crippen molar-refractivity contribution < 1.29 is 23.4 Å². The van der Waals surface area contributed by atoms with Crippen molar-refractivity contribution in [3.05, 3.63) is 47.9 Å². The summed E-state index contributed by atoms with van der Waals surface area (Å²) in [5.74, 6) is 2.04. The molecule has 0 aliphatic carbocycles. The van der Waals surface area contributed by atoms with Gasteiger partial charge in [0.1, 0.15) is 5.76 Å². The van der Waals surface area contributed by atoms with Gasteiger partial charge in [0.2, 0.25) is 11.7 Å². The zero-order valence-electron chi connectivity index (χ0n) is 13.3. The van der Waals surface area contributed by atoms with Crippen molar-refractivity contribution in [1.29, 1.82) is 0 Å². The highest BCUT2D eigenvalue weighted by molar-refractivity contribution is 5.91. The van der Waals surface area contributed by atoms with Gasteiger partial charge >= 0.3 is 0 Å². The lowest BCUT2D eigenvalue weighted by atomic mass is 10.1. The molecule has 122 valence electrons. The fraction of sp³-hybridized carbons (Fsp3) is 0.235. The van der Waals surface area contributed by atoms with Crippen LogP contribution < -0.4 is 19.5 Å². The van der Waals surface area contributed by atoms with E-state index >= 15 is 0 Å². The molecule has 0 bridgehead atoms.